The fraction of sp³-hybridized carbons (Fsp3) is 0.250. The molecule has 2 nitrogen and oxygen atoms in total. The van der Waals surface area contributed by atoms with Crippen LogP contribution in [0.2, 0.25) is 5.02 Å². The van der Waals surface area contributed by atoms with Crippen molar-refractivity contribution in [1.29, 1.82) is 5.26 Å². The summed E-state index contributed by atoms with van der Waals surface area (Å²) in [5.74, 6) is 0.568. The first kappa shape index (κ1) is 12.9. The summed E-state index contributed by atoms with van der Waals surface area (Å²) in [5, 5.41) is 9.90. The molecule has 0 N–H and O–H groups in total. The van der Waals surface area contributed by atoms with Gasteiger partial charge in [0.1, 0.15) is 5.75 Å². The van der Waals surface area contributed by atoms with E-state index in [4.69, 9.17) is 33.2 Å². The van der Waals surface area contributed by atoms with E-state index in [9.17, 15) is 0 Å². The molecule has 0 bridgehead atoms. The molecule has 0 aliphatic rings. The highest BCUT2D eigenvalue weighted by atomic mass is 35.5. The number of allylic oxidation sites excluding steroid dienone is 1. The van der Waals surface area contributed by atoms with Crippen molar-refractivity contribution in [1.82, 2.24) is 0 Å². The second kappa shape index (κ2) is 5.79. The normalized spacial score (nSPS) is 11.7. The van der Waals surface area contributed by atoms with Gasteiger partial charge in [0.2, 0.25) is 0 Å². The second-order valence-electron chi connectivity index (χ2n) is 3.10. The van der Waals surface area contributed by atoms with Crippen molar-refractivity contribution in [2.75, 3.05) is 7.11 Å². The minimum absolute atomic E-state index is 0.415. The molecule has 84 valence electrons. The van der Waals surface area contributed by atoms with Crippen molar-refractivity contribution < 1.29 is 4.74 Å². The van der Waals surface area contributed by atoms with Crippen molar-refractivity contribution in [2.24, 2.45) is 0 Å². The van der Waals surface area contributed by atoms with E-state index in [0.29, 0.717) is 33.4 Å². The Morgan fingerprint density at radius 2 is 2.19 bits per heavy atom. The molecule has 16 heavy (non-hydrogen) atoms. The number of halogens is 2. The molecule has 0 amide bonds. The second-order valence-corrected chi connectivity index (χ2v) is 3.92. The Labute approximate surface area is 105 Å². The van der Waals surface area contributed by atoms with E-state index >= 15 is 0 Å². The molecule has 0 unspecified atom stereocenters. The molecule has 0 spiro atoms. The minimum atomic E-state index is 0.415. The van der Waals surface area contributed by atoms with Gasteiger partial charge in [-0.05, 0) is 24.6 Å². The topological polar surface area (TPSA) is 33.0 Å². The number of nitriles is 1. The highest BCUT2D eigenvalue weighted by molar-refractivity contribution is 6.50. The first-order chi connectivity index (χ1) is 7.63. The third-order valence-electron chi connectivity index (χ3n) is 2.15. The van der Waals surface area contributed by atoms with Gasteiger partial charge in [-0.1, -0.05) is 30.1 Å². The molecular weight excluding hydrogens is 245 g/mol. The van der Waals surface area contributed by atoms with Crippen LogP contribution in [0.3, 0.4) is 0 Å². The third kappa shape index (κ3) is 2.69. The van der Waals surface area contributed by atoms with Crippen molar-refractivity contribution in [2.45, 2.75) is 13.3 Å². The predicted octanol–water partition coefficient (Wildman–Crippen LogP) is 4.23. The molecule has 0 heterocycles. The lowest BCUT2D eigenvalue weighted by Crippen LogP contribution is -1.91. The van der Waals surface area contributed by atoms with Gasteiger partial charge in [-0.25, -0.2) is 0 Å². The maximum atomic E-state index is 8.92. The zero-order chi connectivity index (χ0) is 12.1. The van der Waals surface area contributed by atoms with Crippen LogP contribution in [-0.2, 0) is 0 Å². The molecule has 0 aromatic heterocycles. The number of hydrogen-bond donors (Lipinski definition) is 0. The van der Waals surface area contributed by atoms with Crippen LogP contribution in [0.15, 0.2) is 23.8 Å². The number of rotatable bonds is 3. The Bertz CT molecular complexity index is 461. The highest BCUT2D eigenvalue weighted by Crippen LogP contribution is 2.33. The zero-order valence-electron chi connectivity index (χ0n) is 9.05. The molecule has 0 saturated heterocycles. The molecule has 1 aromatic carbocycles. The Balaban J connectivity index is 3.34. The van der Waals surface area contributed by atoms with E-state index < -0.39 is 0 Å². The first-order valence-corrected chi connectivity index (χ1v) is 5.52. The van der Waals surface area contributed by atoms with E-state index in [2.05, 4.69) is 6.07 Å². The maximum Gasteiger partial charge on any atom is 0.129 e. The summed E-state index contributed by atoms with van der Waals surface area (Å²) >= 11 is 12.0. The zero-order valence-corrected chi connectivity index (χ0v) is 10.6. The number of benzene rings is 1. The minimum Gasteiger partial charge on any atom is -0.496 e. The molecule has 0 aliphatic carbocycles. The van der Waals surface area contributed by atoms with Crippen LogP contribution in [0.25, 0.3) is 5.03 Å². The van der Waals surface area contributed by atoms with E-state index in [1.807, 2.05) is 6.92 Å². The van der Waals surface area contributed by atoms with Crippen LogP contribution in [-0.4, -0.2) is 7.11 Å². The van der Waals surface area contributed by atoms with Crippen LogP contribution < -0.4 is 4.74 Å². The lowest BCUT2D eigenvalue weighted by molar-refractivity contribution is 0.413. The number of methoxy groups -OCH3 is 1. The van der Waals surface area contributed by atoms with Crippen molar-refractivity contribution in [3.63, 3.8) is 0 Å². The fourth-order valence-corrected chi connectivity index (χ4v) is 1.79. The number of ether oxygens (including phenoxy) is 1. The van der Waals surface area contributed by atoms with Gasteiger partial charge in [-0.3, -0.25) is 0 Å². The summed E-state index contributed by atoms with van der Waals surface area (Å²) in [5.41, 5.74) is 1.22. The predicted molar refractivity (Wildman–Crippen MR) is 66.7 cm³/mol. The SMILES string of the molecule is CCC(C#N)=C(Cl)c1ccc(Cl)cc1OC. The first-order valence-electron chi connectivity index (χ1n) is 4.76. The molecule has 0 radical (unpaired) electrons. The lowest BCUT2D eigenvalue weighted by Gasteiger charge is -2.09. The Hall–Kier alpha value is -1.17. The lowest BCUT2D eigenvalue weighted by atomic mass is 10.1. The van der Waals surface area contributed by atoms with Crippen molar-refractivity contribution in [3.8, 4) is 11.8 Å². The van der Waals surface area contributed by atoms with Gasteiger partial charge in [-0.2, -0.15) is 5.26 Å². The molecular formula is C12H11Cl2NO. The van der Waals surface area contributed by atoms with E-state index in [1.165, 1.54) is 7.11 Å². The molecule has 0 aliphatic heterocycles. The molecule has 1 aromatic rings. The number of nitrogens with zero attached hydrogens (tertiary/aromatic N) is 1. The molecule has 1 rings (SSSR count). The van der Waals surface area contributed by atoms with Crippen LogP contribution in [0.4, 0.5) is 0 Å². The third-order valence-corrected chi connectivity index (χ3v) is 2.82. The van der Waals surface area contributed by atoms with Gasteiger partial charge in [0.25, 0.3) is 0 Å². The monoisotopic (exact) mass is 255 g/mol. The average molecular weight is 256 g/mol. The molecule has 0 fully saturated rings. The maximum absolute atomic E-state index is 8.92. The molecule has 0 atom stereocenters. The van der Waals surface area contributed by atoms with Crippen molar-refractivity contribution >= 4 is 28.2 Å². The van der Waals surface area contributed by atoms with Crippen LogP contribution in [0, 0.1) is 11.3 Å². The Morgan fingerprint density at radius 3 is 2.69 bits per heavy atom. The fourth-order valence-electron chi connectivity index (χ4n) is 1.29. The summed E-state index contributed by atoms with van der Waals surface area (Å²) < 4.78 is 5.17. The molecule has 4 heteroatoms. The van der Waals surface area contributed by atoms with Gasteiger partial charge >= 0.3 is 0 Å². The summed E-state index contributed by atoms with van der Waals surface area (Å²) in [6.45, 7) is 1.88. The smallest absolute Gasteiger partial charge is 0.129 e. The van der Waals surface area contributed by atoms with Crippen LogP contribution >= 0.6 is 23.2 Å². The largest absolute Gasteiger partial charge is 0.496 e. The highest BCUT2D eigenvalue weighted by Gasteiger charge is 2.11. The Morgan fingerprint density at radius 1 is 1.50 bits per heavy atom. The molecule has 0 saturated carbocycles. The van der Waals surface area contributed by atoms with Gasteiger partial charge in [0.05, 0.1) is 18.2 Å². The van der Waals surface area contributed by atoms with Crippen LogP contribution in [0.1, 0.15) is 18.9 Å². The number of hydrogen-bond acceptors (Lipinski definition) is 2. The summed E-state index contributed by atoms with van der Waals surface area (Å²) in [7, 11) is 1.54. The standard InChI is InChI=1S/C12H11Cl2NO/c1-3-8(7-15)12(14)10-5-4-9(13)6-11(10)16-2/h4-6H,3H2,1-2H3. The van der Waals surface area contributed by atoms with E-state index in [-0.39, 0.29) is 0 Å². The summed E-state index contributed by atoms with van der Waals surface area (Å²) in [4.78, 5) is 0. The summed E-state index contributed by atoms with van der Waals surface area (Å²) in [6, 6.07) is 7.21. The van der Waals surface area contributed by atoms with E-state index in [1.54, 1.807) is 18.2 Å². The quantitative estimate of drug-likeness (QED) is 0.758. The van der Waals surface area contributed by atoms with Gasteiger partial charge in [-0.15, -0.1) is 0 Å². The average Bonchev–Trinajstić information content (AvgIpc) is 2.30. The van der Waals surface area contributed by atoms with Gasteiger partial charge in [0, 0.05) is 16.2 Å². The van der Waals surface area contributed by atoms with Gasteiger partial charge in [0.15, 0.2) is 0 Å². The van der Waals surface area contributed by atoms with Gasteiger partial charge < -0.3 is 4.74 Å². The van der Waals surface area contributed by atoms with Crippen molar-refractivity contribution in [3.05, 3.63) is 34.4 Å². The van der Waals surface area contributed by atoms with Crippen LogP contribution in [0.5, 0.6) is 5.75 Å². The summed E-state index contributed by atoms with van der Waals surface area (Å²) in [6.07, 6.45) is 0.584. The Kier molecular flexibility index (Phi) is 4.67. The van der Waals surface area contributed by atoms with E-state index in [0.717, 1.165) is 0 Å².